The van der Waals surface area contributed by atoms with Crippen molar-refractivity contribution in [2.75, 3.05) is 0 Å². The van der Waals surface area contributed by atoms with E-state index in [0.717, 1.165) is 60.5 Å². The SMILES string of the molecule is c1ccc(-c2nc(-c3ccc(-c4ccc5c(c4)sc4ccccc45)cc3)nc(-c3ccc4ccc5sc6ccc7oc(-c8ccccc8)nc7c6c5c4c3)n2)cc1. The van der Waals surface area contributed by atoms with E-state index in [1.54, 1.807) is 11.3 Å². The zero-order valence-corrected chi connectivity index (χ0v) is 31.8. The van der Waals surface area contributed by atoms with Crippen molar-refractivity contribution in [3.05, 3.63) is 170 Å². The van der Waals surface area contributed by atoms with E-state index >= 15 is 0 Å². The molecule has 4 aromatic heterocycles. The molecule has 0 aliphatic rings. The molecule has 0 fully saturated rings. The number of benzene rings is 8. The normalized spacial score (nSPS) is 11.9. The summed E-state index contributed by atoms with van der Waals surface area (Å²) < 4.78 is 11.3. The number of aromatic nitrogens is 4. The van der Waals surface area contributed by atoms with Gasteiger partial charge in [0.05, 0.1) is 0 Å². The van der Waals surface area contributed by atoms with Crippen LogP contribution in [0, 0.1) is 0 Å². The molecule has 0 N–H and O–H groups in total. The molecule has 0 bridgehead atoms. The molecule has 5 nitrogen and oxygen atoms in total. The quantitative estimate of drug-likeness (QED) is 0.175. The number of fused-ring (bicyclic) bond motifs is 10. The van der Waals surface area contributed by atoms with Gasteiger partial charge in [-0.15, -0.1) is 22.7 Å². The molecular formula is C50H28N4OS2. The lowest BCUT2D eigenvalue weighted by Crippen LogP contribution is -2.00. The van der Waals surface area contributed by atoms with E-state index in [-0.39, 0.29) is 0 Å². The summed E-state index contributed by atoms with van der Waals surface area (Å²) in [7, 11) is 0. The number of hydrogen-bond acceptors (Lipinski definition) is 7. The van der Waals surface area contributed by atoms with Gasteiger partial charge >= 0.3 is 0 Å². The van der Waals surface area contributed by atoms with Gasteiger partial charge in [0, 0.05) is 62.6 Å². The van der Waals surface area contributed by atoms with E-state index in [2.05, 4.69) is 103 Å². The Hall–Kier alpha value is -7.06. The highest BCUT2D eigenvalue weighted by molar-refractivity contribution is 7.26. The minimum absolute atomic E-state index is 0.620. The summed E-state index contributed by atoms with van der Waals surface area (Å²) in [5, 5.41) is 7.13. The number of oxazole rings is 1. The van der Waals surface area contributed by atoms with Gasteiger partial charge in [-0.1, -0.05) is 121 Å². The molecule has 0 radical (unpaired) electrons. The summed E-state index contributed by atoms with van der Waals surface area (Å²) in [5.74, 6) is 2.50. The second-order valence-corrected chi connectivity index (χ2v) is 16.4. The third-order valence-corrected chi connectivity index (χ3v) is 13.0. The van der Waals surface area contributed by atoms with E-state index in [9.17, 15) is 0 Å². The lowest BCUT2D eigenvalue weighted by Gasteiger charge is -2.10. The number of rotatable bonds is 5. The standard InChI is InChI=1S/C50H28N4OS2/c1-3-9-31(10-4-1)47-52-48(32-18-15-29(16-19-32)34-21-23-37-36-13-7-8-14-40(36)56-43(37)28-34)54-49(53-47)35-20-17-30-22-25-41-44(38(30)27-35)45-42(57-41)26-24-39-46(45)51-50(55-39)33-11-5-2-6-12-33/h1-28H. The van der Waals surface area contributed by atoms with Crippen molar-refractivity contribution in [3.8, 4) is 56.7 Å². The molecule has 0 spiro atoms. The first-order chi connectivity index (χ1) is 28.2. The van der Waals surface area contributed by atoms with E-state index in [4.69, 9.17) is 24.4 Å². The minimum atomic E-state index is 0.620. The van der Waals surface area contributed by atoms with Crippen molar-refractivity contribution >= 4 is 84.9 Å². The van der Waals surface area contributed by atoms with Crippen LogP contribution in [0.4, 0.5) is 0 Å². The zero-order valence-electron chi connectivity index (χ0n) is 30.2. The molecule has 0 amide bonds. The van der Waals surface area contributed by atoms with Crippen molar-refractivity contribution in [1.29, 1.82) is 0 Å². The molecule has 4 heterocycles. The summed E-state index contributed by atoms with van der Waals surface area (Å²) >= 11 is 3.61. The van der Waals surface area contributed by atoms with Crippen LogP contribution in [0.2, 0.25) is 0 Å². The van der Waals surface area contributed by atoms with Crippen LogP contribution in [0.5, 0.6) is 0 Å². The van der Waals surface area contributed by atoms with Crippen LogP contribution >= 0.6 is 22.7 Å². The molecule has 0 saturated heterocycles. The molecule has 7 heteroatoms. The second kappa shape index (κ2) is 12.7. The molecule has 266 valence electrons. The Morgan fingerprint density at radius 3 is 1.74 bits per heavy atom. The van der Waals surface area contributed by atoms with Gasteiger partial charge in [0.1, 0.15) is 5.52 Å². The Morgan fingerprint density at radius 1 is 0.351 bits per heavy atom. The summed E-state index contributed by atoms with van der Waals surface area (Å²) in [4.78, 5) is 20.3. The van der Waals surface area contributed by atoms with Gasteiger partial charge in [-0.2, -0.15) is 0 Å². The van der Waals surface area contributed by atoms with E-state index in [1.807, 2.05) is 78.1 Å². The maximum atomic E-state index is 6.32. The summed E-state index contributed by atoms with van der Waals surface area (Å²) in [6.45, 7) is 0. The Balaban J connectivity index is 0.991. The van der Waals surface area contributed by atoms with Gasteiger partial charge in [0.15, 0.2) is 23.1 Å². The molecule has 0 unspecified atom stereocenters. The summed E-state index contributed by atoms with van der Waals surface area (Å²) in [6, 6.07) is 59.3. The average Bonchev–Trinajstić information content (AvgIpc) is 4.00. The van der Waals surface area contributed by atoms with E-state index in [1.165, 1.54) is 35.1 Å². The van der Waals surface area contributed by atoms with Gasteiger partial charge in [-0.25, -0.2) is 19.9 Å². The maximum Gasteiger partial charge on any atom is 0.227 e. The van der Waals surface area contributed by atoms with Gasteiger partial charge in [0.2, 0.25) is 5.89 Å². The topological polar surface area (TPSA) is 64.7 Å². The monoisotopic (exact) mass is 764 g/mol. The lowest BCUT2D eigenvalue weighted by molar-refractivity contribution is 0.620. The highest BCUT2D eigenvalue weighted by Crippen LogP contribution is 2.44. The molecule has 0 atom stereocenters. The van der Waals surface area contributed by atoms with Crippen molar-refractivity contribution in [2.45, 2.75) is 0 Å². The van der Waals surface area contributed by atoms with Crippen molar-refractivity contribution in [1.82, 2.24) is 19.9 Å². The Labute approximate surface area is 334 Å². The first kappa shape index (κ1) is 32.2. The summed E-state index contributed by atoms with van der Waals surface area (Å²) in [6.07, 6.45) is 0. The number of nitrogens with zero attached hydrogens (tertiary/aromatic N) is 4. The lowest BCUT2D eigenvalue weighted by atomic mass is 10.0. The largest absolute Gasteiger partial charge is 0.436 e. The highest BCUT2D eigenvalue weighted by Gasteiger charge is 2.19. The number of hydrogen-bond donors (Lipinski definition) is 0. The fourth-order valence-corrected chi connectivity index (χ4v) is 10.2. The average molecular weight is 765 g/mol. The zero-order chi connectivity index (χ0) is 37.5. The fourth-order valence-electron chi connectivity index (χ4n) is 7.97. The van der Waals surface area contributed by atoms with E-state index < -0.39 is 0 Å². The molecule has 12 aromatic rings. The second-order valence-electron chi connectivity index (χ2n) is 14.2. The molecule has 0 saturated carbocycles. The van der Waals surface area contributed by atoms with Crippen molar-refractivity contribution in [2.24, 2.45) is 0 Å². The fraction of sp³-hybridized carbons (Fsp3) is 0. The molecule has 12 rings (SSSR count). The van der Waals surface area contributed by atoms with Crippen LogP contribution in [-0.2, 0) is 0 Å². The first-order valence-electron chi connectivity index (χ1n) is 18.8. The Morgan fingerprint density at radius 2 is 0.930 bits per heavy atom. The van der Waals surface area contributed by atoms with Crippen LogP contribution < -0.4 is 0 Å². The molecule has 0 aliphatic heterocycles. The van der Waals surface area contributed by atoms with Crippen molar-refractivity contribution < 1.29 is 4.42 Å². The van der Waals surface area contributed by atoms with Gasteiger partial charge in [-0.05, 0) is 70.4 Å². The third kappa shape index (κ3) is 5.35. The third-order valence-electron chi connectivity index (χ3n) is 10.8. The predicted molar refractivity (Wildman–Crippen MR) is 238 cm³/mol. The molecule has 57 heavy (non-hydrogen) atoms. The summed E-state index contributed by atoms with van der Waals surface area (Å²) in [5.41, 5.74) is 7.71. The highest BCUT2D eigenvalue weighted by atomic mass is 32.1. The number of thiophene rings is 2. The predicted octanol–water partition coefficient (Wildman–Crippen LogP) is 14.2. The Bertz CT molecular complexity index is 3520. The smallest absolute Gasteiger partial charge is 0.227 e. The molecular weight excluding hydrogens is 737 g/mol. The first-order valence-corrected chi connectivity index (χ1v) is 20.4. The van der Waals surface area contributed by atoms with Gasteiger partial charge in [0.25, 0.3) is 0 Å². The van der Waals surface area contributed by atoms with Crippen LogP contribution in [0.3, 0.4) is 0 Å². The molecule has 0 aliphatic carbocycles. The van der Waals surface area contributed by atoms with Crippen LogP contribution in [0.25, 0.3) is 119 Å². The maximum absolute atomic E-state index is 6.32. The van der Waals surface area contributed by atoms with Gasteiger partial charge < -0.3 is 4.42 Å². The minimum Gasteiger partial charge on any atom is -0.436 e. The van der Waals surface area contributed by atoms with Crippen LogP contribution in [0.15, 0.2) is 174 Å². The van der Waals surface area contributed by atoms with Crippen molar-refractivity contribution in [3.63, 3.8) is 0 Å². The van der Waals surface area contributed by atoms with Crippen LogP contribution in [0.1, 0.15) is 0 Å². The van der Waals surface area contributed by atoms with Gasteiger partial charge in [-0.3, -0.25) is 0 Å². The van der Waals surface area contributed by atoms with Crippen LogP contribution in [-0.4, -0.2) is 19.9 Å². The Kier molecular flexibility index (Phi) is 7.20. The molecule has 8 aromatic carbocycles. The van der Waals surface area contributed by atoms with E-state index in [0.29, 0.717) is 23.4 Å².